The Morgan fingerprint density at radius 1 is 0.960 bits per heavy atom. The lowest BCUT2D eigenvalue weighted by Gasteiger charge is -2.11. The van der Waals surface area contributed by atoms with Crippen LogP contribution in [0, 0.1) is 0 Å². The number of aromatic carboxylic acids is 1. The van der Waals surface area contributed by atoms with Gasteiger partial charge in [-0.05, 0) is 42.5 Å². The second-order valence-electron chi connectivity index (χ2n) is 5.28. The van der Waals surface area contributed by atoms with Crippen molar-refractivity contribution in [2.45, 2.75) is 0 Å². The third-order valence-electron chi connectivity index (χ3n) is 3.65. The van der Waals surface area contributed by atoms with Crippen molar-refractivity contribution in [2.24, 2.45) is 0 Å². The number of hydrogen-bond acceptors (Lipinski definition) is 3. The molecule has 3 rings (SSSR count). The van der Waals surface area contributed by atoms with Crippen LogP contribution in [-0.2, 0) is 0 Å². The number of hydrogen-bond donors (Lipinski definition) is 1. The highest BCUT2D eigenvalue weighted by atomic mass is 35.5. The average Bonchev–Trinajstić information content (AvgIpc) is 2.61. The Labute approximate surface area is 154 Å². The standard InChI is InChI=1S/C19H13Cl2NO3/c1-25-18-10-14(21)6-7-15(18)17-9-12(19(23)24)8-16(22-17)11-2-4-13(20)5-3-11/h2-10H,1H3,(H,23,24). The van der Waals surface area contributed by atoms with Crippen LogP contribution in [0.15, 0.2) is 54.6 Å². The molecule has 0 unspecified atom stereocenters. The topological polar surface area (TPSA) is 59.4 Å². The predicted molar refractivity (Wildman–Crippen MR) is 98.6 cm³/mol. The highest BCUT2D eigenvalue weighted by Gasteiger charge is 2.14. The number of ether oxygens (including phenoxy) is 1. The summed E-state index contributed by atoms with van der Waals surface area (Å²) in [6, 6.07) is 15.2. The number of halogens is 2. The van der Waals surface area contributed by atoms with E-state index < -0.39 is 5.97 Å². The summed E-state index contributed by atoms with van der Waals surface area (Å²) in [7, 11) is 1.52. The molecule has 0 radical (unpaired) electrons. The van der Waals surface area contributed by atoms with Gasteiger partial charge < -0.3 is 9.84 Å². The Bertz CT molecular complexity index is 940. The molecule has 1 N–H and O–H groups in total. The molecule has 1 aromatic heterocycles. The van der Waals surface area contributed by atoms with Gasteiger partial charge in [-0.25, -0.2) is 9.78 Å². The van der Waals surface area contributed by atoms with Crippen molar-refractivity contribution in [1.29, 1.82) is 0 Å². The number of nitrogens with zero attached hydrogens (tertiary/aromatic N) is 1. The van der Waals surface area contributed by atoms with Crippen molar-refractivity contribution >= 4 is 29.2 Å². The molecule has 25 heavy (non-hydrogen) atoms. The van der Waals surface area contributed by atoms with E-state index >= 15 is 0 Å². The summed E-state index contributed by atoms with van der Waals surface area (Å²) in [4.78, 5) is 16.1. The normalized spacial score (nSPS) is 10.5. The van der Waals surface area contributed by atoms with E-state index in [2.05, 4.69) is 4.98 Å². The molecule has 0 saturated carbocycles. The van der Waals surface area contributed by atoms with Crippen molar-refractivity contribution in [3.8, 4) is 28.3 Å². The first kappa shape index (κ1) is 17.3. The van der Waals surface area contributed by atoms with Gasteiger partial charge in [0.25, 0.3) is 0 Å². The molecule has 0 aliphatic heterocycles. The molecule has 0 bridgehead atoms. The van der Waals surface area contributed by atoms with E-state index in [0.717, 1.165) is 5.56 Å². The molecule has 0 saturated heterocycles. The van der Waals surface area contributed by atoms with Crippen molar-refractivity contribution < 1.29 is 14.6 Å². The van der Waals surface area contributed by atoms with E-state index in [4.69, 9.17) is 27.9 Å². The fourth-order valence-corrected chi connectivity index (χ4v) is 2.73. The Morgan fingerprint density at radius 3 is 2.24 bits per heavy atom. The van der Waals surface area contributed by atoms with Gasteiger partial charge in [0.05, 0.1) is 24.1 Å². The van der Waals surface area contributed by atoms with Crippen molar-refractivity contribution in [3.63, 3.8) is 0 Å². The molecule has 0 atom stereocenters. The lowest BCUT2D eigenvalue weighted by Crippen LogP contribution is -2.00. The predicted octanol–water partition coefficient (Wildman–Crippen LogP) is 5.43. The minimum absolute atomic E-state index is 0.131. The summed E-state index contributed by atoms with van der Waals surface area (Å²) in [5.74, 6) is -0.517. The van der Waals surface area contributed by atoms with E-state index in [1.807, 2.05) is 0 Å². The first-order valence-corrected chi connectivity index (χ1v) is 8.09. The lowest BCUT2D eigenvalue weighted by atomic mass is 10.0. The van der Waals surface area contributed by atoms with E-state index in [1.54, 1.807) is 42.5 Å². The first-order valence-electron chi connectivity index (χ1n) is 7.33. The molecule has 1 heterocycles. The molecule has 0 spiro atoms. The van der Waals surface area contributed by atoms with Gasteiger partial charge in [-0.15, -0.1) is 0 Å². The third kappa shape index (κ3) is 3.76. The molecular weight excluding hydrogens is 361 g/mol. The zero-order valence-corrected chi connectivity index (χ0v) is 14.7. The van der Waals surface area contributed by atoms with Gasteiger partial charge in [-0.3, -0.25) is 0 Å². The van der Waals surface area contributed by atoms with Crippen molar-refractivity contribution in [3.05, 3.63) is 70.2 Å². The number of carboxylic acids is 1. The van der Waals surface area contributed by atoms with Crippen LogP contribution in [0.2, 0.25) is 10.0 Å². The average molecular weight is 374 g/mol. The number of methoxy groups -OCH3 is 1. The molecule has 3 aromatic rings. The number of aromatic nitrogens is 1. The first-order chi connectivity index (χ1) is 12.0. The lowest BCUT2D eigenvalue weighted by molar-refractivity contribution is 0.0697. The van der Waals surface area contributed by atoms with Gasteiger partial charge >= 0.3 is 5.97 Å². The SMILES string of the molecule is COc1cc(Cl)ccc1-c1cc(C(=O)O)cc(-c2ccc(Cl)cc2)n1. The zero-order valence-electron chi connectivity index (χ0n) is 13.2. The van der Waals surface area contributed by atoms with Crippen LogP contribution < -0.4 is 4.74 Å². The molecule has 126 valence electrons. The Hall–Kier alpha value is -2.56. The summed E-state index contributed by atoms with van der Waals surface area (Å²) in [6.45, 7) is 0. The van der Waals surface area contributed by atoms with Crippen LogP contribution >= 0.6 is 23.2 Å². The molecular formula is C19H13Cl2NO3. The number of rotatable bonds is 4. The summed E-state index contributed by atoms with van der Waals surface area (Å²) in [6.07, 6.45) is 0. The van der Waals surface area contributed by atoms with Crippen LogP contribution in [0.1, 0.15) is 10.4 Å². The monoisotopic (exact) mass is 373 g/mol. The molecule has 0 fully saturated rings. The Balaban J connectivity index is 2.20. The molecule has 0 aliphatic rings. The van der Waals surface area contributed by atoms with Gasteiger partial charge in [-0.1, -0.05) is 35.3 Å². The van der Waals surface area contributed by atoms with E-state index in [0.29, 0.717) is 32.7 Å². The van der Waals surface area contributed by atoms with Crippen molar-refractivity contribution in [1.82, 2.24) is 4.98 Å². The van der Waals surface area contributed by atoms with Gasteiger partial charge in [0.1, 0.15) is 5.75 Å². The molecule has 0 amide bonds. The van der Waals surface area contributed by atoms with E-state index in [1.165, 1.54) is 19.2 Å². The Morgan fingerprint density at radius 2 is 1.60 bits per heavy atom. The summed E-state index contributed by atoms with van der Waals surface area (Å²) in [5, 5.41) is 10.6. The van der Waals surface area contributed by atoms with E-state index in [-0.39, 0.29) is 5.56 Å². The molecule has 0 aliphatic carbocycles. The highest BCUT2D eigenvalue weighted by molar-refractivity contribution is 6.31. The summed E-state index contributed by atoms with van der Waals surface area (Å²) >= 11 is 11.9. The second kappa shape index (κ2) is 7.13. The minimum Gasteiger partial charge on any atom is -0.496 e. The fourth-order valence-electron chi connectivity index (χ4n) is 2.44. The summed E-state index contributed by atoms with van der Waals surface area (Å²) in [5.41, 5.74) is 2.57. The molecule has 6 heteroatoms. The highest BCUT2D eigenvalue weighted by Crippen LogP contribution is 2.33. The number of benzene rings is 2. The van der Waals surface area contributed by atoms with Gasteiger partial charge in [-0.2, -0.15) is 0 Å². The van der Waals surface area contributed by atoms with Gasteiger partial charge in [0.15, 0.2) is 0 Å². The number of carbonyl (C=O) groups is 1. The quantitative estimate of drug-likeness (QED) is 0.662. The van der Waals surface area contributed by atoms with Crippen LogP contribution in [-0.4, -0.2) is 23.2 Å². The third-order valence-corrected chi connectivity index (χ3v) is 4.14. The maximum Gasteiger partial charge on any atom is 0.335 e. The number of carboxylic acid groups (broad SMARTS) is 1. The minimum atomic E-state index is -1.04. The Kier molecular flexibility index (Phi) is 4.93. The maximum atomic E-state index is 11.5. The van der Waals surface area contributed by atoms with Crippen LogP contribution in [0.3, 0.4) is 0 Å². The largest absolute Gasteiger partial charge is 0.496 e. The molecule has 2 aromatic carbocycles. The van der Waals surface area contributed by atoms with Crippen LogP contribution in [0.25, 0.3) is 22.5 Å². The van der Waals surface area contributed by atoms with Crippen LogP contribution in [0.5, 0.6) is 5.75 Å². The zero-order chi connectivity index (χ0) is 18.0. The number of pyridine rings is 1. The van der Waals surface area contributed by atoms with E-state index in [9.17, 15) is 9.90 Å². The summed E-state index contributed by atoms with van der Waals surface area (Å²) < 4.78 is 5.35. The van der Waals surface area contributed by atoms with Crippen molar-refractivity contribution in [2.75, 3.05) is 7.11 Å². The smallest absolute Gasteiger partial charge is 0.335 e. The second-order valence-corrected chi connectivity index (χ2v) is 6.16. The molecule has 4 nitrogen and oxygen atoms in total. The fraction of sp³-hybridized carbons (Fsp3) is 0.0526. The van der Waals surface area contributed by atoms with Gasteiger partial charge in [0.2, 0.25) is 0 Å². The van der Waals surface area contributed by atoms with Crippen LogP contribution in [0.4, 0.5) is 0 Å². The maximum absolute atomic E-state index is 11.5. The van der Waals surface area contributed by atoms with Gasteiger partial charge in [0, 0.05) is 21.2 Å².